The fourth-order valence-electron chi connectivity index (χ4n) is 0.895. The van der Waals surface area contributed by atoms with Crippen molar-refractivity contribution in [3.63, 3.8) is 0 Å². The van der Waals surface area contributed by atoms with Crippen molar-refractivity contribution < 1.29 is 0 Å². The minimum absolute atomic E-state index is 0.224. The highest BCUT2D eigenvalue weighted by Crippen LogP contribution is 1.88. The highest BCUT2D eigenvalue weighted by Gasteiger charge is 1.87. The first-order valence-corrected chi connectivity index (χ1v) is 4.68. The van der Waals surface area contributed by atoms with Crippen molar-refractivity contribution in [3.8, 4) is 0 Å². The number of nitrogens with one attached hydrogen (secondary N) is 4. The van der Waals surface area contributed by atoms with Crippen LogP contribution in [0.4, 0.5) is 11.6 Å². The summed E-state index contributed by atoms with van der Waals surface area (Å²) in [4.78, 5) is 32.9. The molecule has 2 rings (SSSR count). The lowest BCUT2D eigenvalue weighted by atomic mass is 10.6. The van der Waals surface area contributed by atoms with E-state index in [1.54, 1.807) is 0 Å². The SMILES string of the molecule is NNc1cc(=O)[nH]cn1.NNc1cc(=O)[nH]cn1. The van der Waals surface area contributed by atoms with E-state index in [2.05, 4.69) is 30.8 Å². The van der Waals surface area contributed by atoms with Crippen LogP contribution in [-0.4, -0.2) is 19.9 Å². The van der Waals surface area contributed by atoms with Crippen LogP contribution in [0.5, 0.6) is 0 Å². The van der Waals surface area contributed by atoms with Crippen molar-refractivity contribution in [2.45, 2.75) is 0 Å². The van der Waals surface area contributed by atoms with Gasteiger partial charge in [-0.15, -0.1) is 0 Å². The quantitative estimate of drug-likeness (QED) is 0.266. The second kappa shape index (κ2) is 6.78. The summed E-state index contributed by atoms with van der Waals surface area (Å²) in [5.41, 5.74) is 4.03. The zero-order valence-corrected chi connectivity index (χ0v) is 9.18. The molecule has 8 N–H and O–H groups in total. The highest BCUT2D eigenvalue weighted by molar-refractivity contribution is 5.29. The Morgan fingerprint density at radius 1 is 0.889 bits per heavy atom. The summed E-state index contributed by atoms with van der Waals surface area (Å²) in [5, 5.41) is 0. The largest absolute Gasteiger partial charge is 0.313 e. The van der Waals surface area contributed by atoms with Gasteiger partial charge in [0.05, 0.1) is 12.7 Å². The van der Waals surface area contributed by atoms with Gasteiger partial charge in [-0.05, 0) is 0 Å². The summed E-state index contributed by atoms with van der Waals surface area (Å²) in [6.07, 6.45) is 2.55. The van der Waals surface area contributed by atoms with E-state index in [0.29, 0.717) is 11.6 Å². The Labute approximate surface area is 100 Å². The third-order valence-corrected chi connectivity index (χ3v) is 1.65. The lowest BCUT2D eigenvalue weighted by Crippen LogP contribution is -2.13. The average molecular weight is 252 g/mol. The fraction of sp³-hybridized carbons (Fsp3) is 0. The summed E-state index contributed by atoms with van der Waals surface area (Å²) in [5.74, 6) is 10.6. The van der Waals surface area contributed by atoms with Crippen LogP contribution >= 0.6 is 0 Å². The zero-order valence-electron chi connectivity index (χ0n) is 9.18. The molecule has 2 aromatic heterocycles. The molecule has 0 unspecified atom stereocenters. The minimum atomic E-state index is -0.224. The standard InChI is InChI=1S/2C4H6N4O/c2*5-8-3-1-4(9)7-2-6-3/h2*1-2H,5H2,(H2,6,7,8,9). The van der Waals surface area contributed by atoms with Gasteiger partial charge in [-0.25, -0.2) is 21.7 Å². The minimum Gasteiger partial charge on any atom is -0.313 e. The molecule has 2 heterocycles. The van der Waals surface area contributed by atoms with Gasteiger partial charge < -0.3 is 20.8 Å². The highest BCUT2D eigenvalue weighted by atomic mass is 16.1. The number of hydrogen-bond acceptors (Lipinski definition) is 8. The maximum atomic E-state index is 10.5. The molecule has 0 aliphatic heterocycles. The third-order valence-electron chi connectivity index (χ3n) is 1.65. The predicted molar refractivity (Wildman–Crippen MR) is 65.3 cm³/mol. The van der Waals surface area contributed by atoms with E-state index in [-0.39, 0.29) is 11.1 Å². The Hall–Kier alpha value is -2.72. The summed E-state index contributed by atoms with van der Waals surface area (Å²) in [6.45, 7) is 0. The maximum absolute atomic E-state index is 10.5. The van der Waals surface area contributed by atoms with E-state index in [1.165, 1.54) is 24.8 Å². The number of H-pyrrole nitrogens is 2. The second-order valence-corrected chi connectivity index (χ2v) is 2.88. The lowest BCUT2D eigenvalue weighted by Gasteiger charge is -1.92. The molecule has 2 aromatic rings. The molecule has 0 fully saturated rings. The fourth-order valence-corrected chi connectivity index (χ4v) is 0.895. The van der Waals surface area contributed by atoms with Crippen molar-refractivity contribution in [1.82, 2.24) is 19.9 Å². The van der Waals surface area contributed by atoms with Crippen LogP contribution in [0.15, 0.2) is 34.4 Å². The number of aromatic nitrogens is 4. The first-order chi connectivity index (χ1) is 8.65. The lowest BCUT2D eigenvalue weighted by molar-refractivity contribution is 1.10. The summed E-state index contributed by atoms with van der Waals surface area (Å²) in [7, 11) is 0. The second-order valence-electron chi connectivity index (χ2n) is 2.88. The molecule has 0 aliphatic carbocycles. The monoisotopic (exact) mass is 252 g/mol. The van der Waals surface area contributed by atoms with Crippen LogP contribution < -0.4 is 33.7 Å². The molecule has 0 saturated heterocycles. The molecular weight excluding hydrogens is 240 g/mol. The molecule has 0 radical (unpaired) electrons. The number of nitrogens with two attached hydrogens (primary N) is 2. The van der Waals surface area contributed by atoms with Crippen molar-refractivity contribution >= 4 is 11.6 Å². The molecule has 0 aliphatic rings. The number of aromatic amines is 2. The Morgan fingerprint density at radius 2 is 1.28 bits per heavy atom. The van der Waals surface area contributed by atoms with E-state index < -0.39 is 0 Å². The zero-order chi connectivity index (χ0) is 13.4. The molecule has 0 bridgehead atoms. The van der Waals surface area contributed by atoms with Crippen LogP contribution in [0.1, 0.15) is 0 Å². The normalized spacial score (nSPS) is 9.00. The third kappa shape index (κ3) is 4.42. The van der Waals surface area contributed by atoms with E-state index >= 15 is 0 Å². The first-order valence-electron chi connectivity index (χ1n) is 4.68. The van der Waals surface area contributed by atoms with Gasteiger partial charge in [0.15, 0.2) is 0 Å². The van der Waals surface area contributed by atoms with Crippen LogP contribution in [-0.2, 0) is 0 Å². The Balaban J connectivity index is 0.000000180. The first kappa shape index (κ1) is 13.3. The number of nitrogens with zero attached hydrogens (tertiary/aromatic N) is 2. The Bertz CT molecular complexity index is 538. The van der Waals surface area contributed by atoms with Gasteiger partial charge >= 0.3 is 0 Å². The van der Waals surface area contributed by atoms with E-state index in [9.17, 15) is 9.59 Å². The Kier molecular flexibility index (Phi) is 5.02. The summed E-state index contributed by atoms with van der Waals surface area (Å²) < 4.78 is 0. The van der Waals surface area contributed by atoms with Crippen molar-refractivity contribution in [3.05, 3.63) is 45.5 Å². The van der Waals surface area contributed by atoms with E-state index in [0.717, 1.165) is 0 Å². The van der Waals surface area contributed by atoms with Crippen LogP contribution in [0, 0.1) is 0 Å². The van der Waals surface area contributed by atoms with Gasteiger partial charge in [-0.3, -0.25) is 9.59 Å². The molecule has 0 aromatic carbocycles. The molecule has 0 spiro atoms. The maximum Gasteiger partial charge on any atom is 0.252 e. The van der Waals surface area contributed by atoms with Crippen LogP contribution in [0.25, 0.3) is 0 Å². The average Bonchev–Trinajstić information content (AvgIpc) is 2.39. The van der Waals surface area contributed by atoms with Crippen molar-refractivity contribution in [2.75, 3.05) is 10.9 Å². The van der Waals surface area contributed by atoms with Crippen LogP contribution in [0.2, 0.25) is 0 Å². The van der Waals surface area contributed by atoms with Crippen molar-refractivity contribution in [1.29, 1.82) is 0 Å². The van der Waals surface area contributed by atoms with Gasteiger partial charge in [0, 0.05) is 12.1 Å². The number of nitrogen functional groups attached to an aromatic ring is 2. The topological polar surface area (TPSA) is 168 Å². The van der Waals surface area contributed by atoms with Gasteiger partial charge in [0.1, 0.15) is 11.6 Å². The van der Waals surface area contributed by atoms with Gasteiger partial charge in [0.2, 0.25) is 0 Å². The summed E-state index contributed by atoms with van der Waals surface area (Å²) in [6, 6.07) is 2.53. The van der Waals surface area contributed by atoms with E-state index in [4.69, 9.17) is 11.7 Å². The number of hydrogen-bond donors (Lipinski definition) is 6. The Morgan fingerprint density at radius 3 is 1.50 bits per heavy atom. The van der Waals surface area contributed by atoms with Gasteiger partial charge in [-0.1, -0.05) is 0 Å². The molecule has 0 saturated carbocycles. The number of rotatable bonds is 2. The predicted octanol–water partition coefficient (Wildman–Crippen LogP) is -1.89. The number of hydrazine groups is 2. The molecule has 18 heavy (non-hydrogen) atoms. The van der Waals surface area contributed by atoms with Crippen molar-refractivity contribution in [2.24, 2.45) is 11.7 Å². The smallest absolute Gasteiger partial charge is 0.252 e. The van der Waals surface area contributed by atoms with Crippen LogP contribution in [0.3, 0.4) is 0 Å². The molecule has 10 heteroatoms. The molecule has 0 amide bonds. The molecular formula is C8H12N8O2. The molecule has 10 nitrogen and oxygen atoms in total. The summed E-state index contributed by atoms with van der Waals surface area (Å²) >= 11 is 0. The van der Waals surface area contributed by atoms with Gasteiger partial charge in [0.25, 0.3) is 11.1 Å². The number of anilines is 2. The van der Waals surface area contributed by atoms with Gasteiger partial charge in [-0.2, -0.15) is 0 Å². The van der Waals surface area contributed by atoms with E-state index in [1.807, 2.05) is 0 Å². The molecule has 0 atom stereocenters. The molecule has 96 valence electrons.